The first-order valence-electron chi connectivity index (χ1n) is 21.6. The van der Waals surface area contributed by atoms with Gasteiger partial charge in [0, 0.05) is 33.0 Å². The molecule has 8 aromatic carbocycles. The van der Waals surface area contributed by atoms with E-state index in [2.05, 4.69) is 0 Å². The Morgan fingerprint density at radius 2 is 0.710 bits per heavy atom. The number of halogens is 6. The van der Waals surface area contributed by atoms with Gasteiger partial charge in [0.05, 0.1) is 50.7 Å². The van der Waals surface area contributed by atoms with Crippen LogP contribution in [-0.4, -0.2) is 28.4 Å². The van der Waals surface area contributed by atoms with Gasteiger partial charge in [-0.05, 0) is 108 Å². The van der Waals surface area contributed by atoms with Gasteiger partial charge in [-0.15, -0.1) is 0 Å². The van der Waals surface area contributed by atoms with Crippen molar-refractivity contribution in [3.63, 3.8) is 0 Å². The highest BCUT2D eigenvalue weighted by atomic mass is 19.4. The molecule has 0 fully saturated rings. The van der Waals surface area contributed by atoms with Crippen molar-refractivity contribution in [3.05, 3.63) is 202 Å². The molecular formula is C56H40F6O7. The summed E-state index contributed by atoms with van der Waals surface area (Å²) in [5, 5.41) is -0.173. The third-order valence-electron chi connectivity index (χ3n) is 12.6. The zero-order chi connectivity index (χ0) is 48.3. The topological polar surface area (TPSA) is 64.6 Å². The molecule has 2 heterocycles. The normalized spacial score (nSPS) is 14.6. The highest BCUT2D eigenvalue weighted by molar-refractivity contribution is 6.00. The maximum atomic E-state index is 15.1. The van der Waals surface area contributed by atoms with Crippen LogP contribution < -0.4 is 33.2 Å². The van der Waals surface area contributed by atoms with Crippen molar-refractivity contribution in [1.29, 1.82) is 0 Å². The molecule has 69 heavy (non-hydrogen) atoms. The molecule has 8 aromatic rings. The van der Waals surface area contributed by atoms with Gasteiger partial charge in [0.15, 0.2) is 11.2 Å². The number of ether oxygens (including phenoxy) is 7. The van der Waals surface area contributed by atoms with Gasteiger partial charge in [0.2, 0.25) is 0 Å². The number of hydrogen-bond acceptors (Lipinski definition) is 7. The van der Waals surface area contributed by atoms with E-state index in [0.717, 1.165) is 12.1 Å². The lowest BCUT2D eigenvalue weighted by atomic mass is 9.82. The molecule has 0 aromatic heterocycles. The molecule has 7 nitrogen and oxygen atoms in total. The van der Waals surface area contributed by atoms with Gasteiger partial charge in [-0.25, -0.2) is 0 Å². The van der Waals surface area contributed by atoms with Crippen LogP contribution in [0.3, 0.4) is 0 Å². The van der Waals surface area contributed by atoms with E-state index >= 15 is 26.3 Å². The summed E-state index contributed by atoms with van der Waals surface area (Å²) in [5.74, 6) is 2.06. The van der Waals surface area contributed by atoms with Gasteiger partial charge in [0.25, 0.3) is 0 Å². The van der Waals surface area contributed by atoms with Crippen LogP contribution in [0, 0.1) is 0 Å². The summed E-state index contributed by atoms with van der Waals surface area (Å²) in [7, 11) is 6.09. The lowest BCUT2D eigenvalue weighted by Gasteiger charge is -2.38. The fourth-order valence-corrected chi connectivity index (χ4v) is 9.21. The summed E-state index contributed by atoms with van der Waals surface area (Å²) in [6, 6.07) is 38.6. The lowest BCUT2D eigenvalue weighted by molar-refractivity contribution is -0.137. The molecule has 348 valence electrons. The van der Waals surface area contributed by atoms with Crippen molar-refractivity contribution < 1.29 is 59.5 Å². The summed E-state index contributed by atoms with van der Waals surface area (Å²) in [6.07, 6.45) is -2.84. The summed E-state index contributed by atoms with van der Waals surface area (Å²) in [4.78, 5) is 0. The Bertz CT molecular complexity index is 2990. The Kier molecular flexibility index (Phi) is 11.0. The molecule has 10 rings (SSSR count). The van der Waals surface area contributed by atoms with Crippen molar-refractivity contribution in [2.75, 3.05) is 28.4 Å². The van der Waals surface area contributed by atoms with Crippen LogP contribution in [0.5, 0.6) is 46.0 Å². The second-order valence-electron chi connectivity index (χ2n) is 16.4. The minimum absolute atomic E-state index is 0.0650. The van der Waals surface area contributed by atoms with Gasteiger partial charge in [-0.3, -0.25) is 0 Å². The molecule has 0 saturated carbocycles. The van der Waals surface area contributed by atoms with Crippen LogP contribution in [0.25, 0.3) is 33.7 Å². The standard InChI is InChI=1S/C56H40F6O7/c1-63-39-19-11-35(12-20-39)53(36-13-21-40(64-2)22-14-36)29-27-43-47(31-33-7-5-9-45(55(57,58)59)49(33)51(43)68-53)67-48-32-34-8-6-10-46(56(60,61)62)50(34)52-44(48)28-30-54(69-52,37-15-23-41(65-3)24-16-37)38-17-25-42(66-4)26-18-38/h5-32H,1-4H3. The van der Waals surface area contributed by atoms with Gasteiger partial charge in [-0.1, -0.05) is 72.8 Å². The maximum Gasteiger partial charge on any atom is 0.417 e. The quantitative estimate of drug-likeness (QED) is 0.127. The number of rotatable bonds is 10. The molecule has 2 aliphatic rings. The van der Waals surface area contributed by atoms with E-state index in [4.69, 9.17) is 33.2 Å². The summed E-state index contributed by atoms with van der Waals surface area (Å²) >= 11 is 0. The molecule has 0 amide bonds. The average Bonchev–Trinajstić information content (AvgIpc) is 3.37. The minimum Gasteiger partial charge on any atom is -0.497 e. The van der Waals surface area contributed by atoms with Gasteiger partial charge in [0.1, 0.15) is 46.0 Å². The van der Waals surface area contributed by atoms with E-state index in [9.17, 15) is 0 Å². The minimum atomic E-state index is -4.81. The molecule has 0 unspecified atom stereocenters. The highest BCUT2D eigenvalue weighted by Crippen LogP contribution is 2.55. The van der Waals surface area contributed by atoms with Crippen molar-refractivity contribution in [2.45, 2.75) is 23.6 Å². The number of fused-ring (bicyclic) bond motifs is 6. The molecule has 0 radical (unpaired) electrons. The maximum absolute atomic E-state index is 15.1. The van der Waals surface area contributed by atoms with Gasteiger partial charge in [-0.2, -0.15) is 26.3 Å². The van der Waals surface area contributed by atoms with Crippen molar-refractivity contribution >= 4 is 33.7 Å². The monoisotopic (exact) mass is 938 g/mol. The first-order chi connectivity index (χ1) is 33.2. The first kappa shape index (κ1) is 44.8. The number of alkyl halides is 6. The average molecular weight is 939 g/mol. The fraction of sp³-hybridized carbons (Fsp3) is 0.143. The Labute approximate surface area is 392 Å². The van der Waals surface area contributed by atoms with E-state index in [1.54, 1.807) is 121 Å². The van der Waals surface area contributed by atoms with Crippen LogP contribution >= 0.6 is 0 Å². The van der Waals surface area contributed by atoms with E-state index in [1.807, 2.05) is 0 Å². The van der Waals surface area contributed by atoms with E-state index in [1.165, 1.54) is 64.8 Å². The fourth-order valence-electron chi connectivity index (χ4n) is 9.21. The highest BCUT2D eigenvalue weighted by Gasteiger charge is 2.44. The largest absolute Gasteiger partial charge is 0.497 e. The molecule has 2 aliphatic heterocycles. The molecule has 0 bridgehead atoms. The molecule has 0 aliphatic carbocycles. The summed E-state index contributed by atoms with van der Waals surface area (Å²) < 4.78 is 133. The molecule has 0 atom stereocenters. The Hall–Kier alpha value is -8.06. The Morgan fingerprint density at radius 3 is 0.986 bits per heavy atom. The van der Waals surface area contributed by atoms with Crippen LogP contribution in [-0.2, 0) is 23.6 Å². The first-order valence-corrected chi connectivity index (χ1v) is 21.6. The molecule has 0 spiro atoms. The third-order valence-corrected chi connectivity index (χ3v) is 12.6. The van der Waals surface area contributed by atoms with E-state index in [-0.39, 0.29) is 55.7 Å². The second kappa shape index (κ2) is 16.9. The van der Waals surface area contributed by atoms with Crippen LogP contribution in [0.1, 0.15) is 44.5 Å². The zero-order valence-electron chi connectivity index (χ0n) is 37.3. The number of methoxy groups -OCH3 is 4. The molecule has 0 N–H and O–H groups in total. The third kappa shape index (κ3) is 7.67. The Balaban J connectivity index is 1.21. The summed E-state index contributed by atoms with van der Waals surface area (Å²) in [5.41, 5.74) is -2.27. The van der Waals surface area contributed by atoms with E-state index < -0.39 is 34.7 Å². The zero-order valence-corrected chi connectivity index (χ0v) is 37.3. The van der Waals surface area contributed by atoms with Crippen molar-refractivity contribution in [1.82, 2.24) is 0 Å². The predicted molar refractivity (Wildman–Crippen MR) is 251 cm³/mol. The Morgan fingerprint density at radius 1 is 0.406 bits per heavy atom. The predicted octanol–water partition coefficient (Wildman–Crippen LogP) is 14.6. The second-order valence-corrected chi connectivity index (χ2v) is 16.4. The SMILES string of the molecule is COc1ccc(C2(c3ccc(OC)cc3)C=Cc3c(Oc4cc5cccc(C(F)(F)F)c5c5c4C=CC(c4ccc(OC)cc4)(c4ccc(OC)cc4)O5)cc4cccc(C(F)(F)F)c4c3O2)cc1. The van der Waals surface area contributed by atoms with Crippen molar-refractivity contribution in [2.24, 2.45) is 0 Å². The number of hydrogen-bond donors (Lipinski definition) is 0. The van der Waals surface area contributed by atoms with Crippen molar-refractivity contribution in [3.8, 4) is 46.0 Å². The van der Waals surface area contributed by atoms with Crippen LogP contribution in [0.2, 0.25) is 0 Å². The lowest BCUT2D eigenvalue weighted by Crippen LogP contribution is -2.34. The number of benzene rings is 8. The van der Waals surface area contributed by atoms with E-state index in [0.29, 0.717) is 45.3 Å². The van der Waals surface area contributed by atoms with Gasteiger partial charge >= 0.3 is 12.4 Å². The summed E-state index contributed by atoms with van der Waals surface area (Å²) in [6.45, 7) is 0. The molecular weight excluding hydrogens is 899 g/mol. The molecule has 0 saturated heterocycles. The smallest absolute Gasteiger partial charge is 0.417 e. The molecule has 13 heteroatoms. The van der Waals surface area contributed by atoms with Gasteiger partial charge < -0.3 is 33.2 Å². The van der Waals surface area contributed by atoms with Crippen LogP contribution in [0.15, 0.2) is 158 Å². The van der Waals surface area contributed by atoms with Crippen LogP contribution in [0.4, 0.5) is 26.3 Å².